The summed E-state index contributed by atoms with van der Waals surface area (Å²) in [4.78, 5) is 24.1. The highest BCUT2D eigenvalue weighted by Gasteiger charge is 2.30. The summed E-state index contributed by atoms with van der Waals surface area (Å²) in [6, 6.07) is 9.92. The average molecular weight is 381 g/mol. The maximum atomic E-state index is 12.7. The van der Waals surface area contributed by atoms with Crippen molar-refractivity contribution in [2.45, 2.75) is 39.3 Å². The Morgan fingerprint density at radius 1 is 1.14 bits per heavy atom. The van der Waals surface area contributed by atoms with Crippen molar-refractivity contribution < 1.29 is 14.7 Å². The van der Waals surface area contributed by atoms with Gasteiger partial charge in [-0.15, -0.1) is 0 Å². The molecule has 3 rings (SSSR count). The lowest BCUT2D eigenvalue weighted by Crippen LogP contribution is -2.35. The molecule has 1 amide bonds. The highest BCUT2D eigenvalue weighted by molar-refractivity contribution is 6.04. The number of carboxylic acids is 1. The number of hydrogen-bond acceptors (Lipinski definition) is 4. The molecule has 0 radical (unpaired) electrons. The molecule has 0 spiro atoms. The number of carboxylic acid groups (broad SMARTS) is 1. The van der Waals surface area contributed by atoms with Gasteiger partial charge in [0.05, 0.1) is 35.9 Å². The quantitative estimate of drug-likeness (QED) is 0.655. The predicted octanol–water partition coefficient (Wildman–Crippen LogP) is 2.76. The van der Waals surface area contributed by atoms with Gasteiger partial charge >= 0.3 is 5.97 Å². The van der Waals surface area contributed by atoms with Crippen LogP contribution in [0.25, 0.3) is 0 Å². The van der Waals surface area contributed by atoms with Crippen molar-refractivity contribution in [3.05, 3.63) is 65.7 Å². The summed E-state index contributed by atoms with van der Waals surface area (Å²) >= 11 is 0. The summed E-state index contributed by atoms with van der Waals surface area (Å²) in [5.74, 6) is -1.31. The van der Waals surface area contributed by atoms with E-state index < -0.39 is 11.5 Å². The number of nitrogens with zero attached hydrogens (tertiary/aromatic N) is 4. The summed E-state index contributed by atoms with van der Waals surface area (Å²) in [7, 11) is 0. The number of aromatic nitrogens is 4. The van der Waals surface area contributed by atoms with Crippen molar-refractivity contribution in [1.29, 1.82) is 0 Å². The number of rotatable bonds is 7. The third-order valence-corrected chi connectivity index (χ3v) is 4.64. The van der Waals surface area contributed by atoms with Gasteiger partial charge in [-0.1, -0.05) is 37.3 Å². The lowest BCUT2D eigenvalue weighted by atomic mass is 10.1. The molecule has 0 aliphatic heterocycles. The monoisotopic (exact) mass is 381 g/mol. The van der Waals surface area contributed by atoms with Gasteiger partial charge in [0.25, 0.3) is 5.91 Å². The number of benzene rings is 1. The number of anilines is 1. The molecule has 1 aromatic carbocycles. The third kappa shape index (κ3) is 3.80. The van der Waals surface area contributed by atoms with Crippen LogP contribution in [-0.2, 0) is 23.3 Å². The van der Waals surface area contributed by atoms with Crippen molar-refractivity contribution in [3.8, 4) is 0 Å². The highest BCUT2D eigenvalue weighted by Crippen LogP contribution is 2.19. The zero-order valence-corrected chi connectivity index (χ0v) is 16.1. The Hall–Kier alpha value is -3.42. The molecule has 2 aromatic heterocycles. The summed E-state index contributed by atoms with van der Waals surface area (Å²) in [5.41, 5.74) is 1.64. The zero-order valence-electron chi connectivity index (χ0n) is 16.1. The minimum Gasteiger partial charge on any atom is -0.479 e. The molecular formula is C20H23N5O3. The molecule has 2 N–H and O–H groups in total. The number of hydrogen-bond donors (Lipinski definition) is 2. The molecule has 0 saturated heterocycles. The fraction of sp³-hybridized carbons (Fsp3) is 0.300. The molecule has 146 valence electrons. The van der Waals surface area contributed by atoms with Gasteiger partial charge in [-0.25, -0.2) is 4.79 Å². The molecule has 0 fully saturated rings. The van der Waals surface area contributed by atoms with E-state index >= 15 is 0 Å². The second-order valence-electron chi connectivity index (χ2n) is 6.99. The van der Waals surface area contributed by atoms with Crippen LogP contribution < -0.4 is 5.32 Å². The van der Waals surface area contributed by atoms with Crippen LogP contribution >= 0.6 is 0 Å². The lowest BCUT2D eigenvalue weighted by Gasteiger charge is -2.19. The number of carbonyl (C=O) groups excluding carboxylic acids is 1. The molecule has 0 unspecified atom stereocenters. The van der Waals surface area contributed by atoms with Gasteiger partial charge in [-0.2, -0.15) is 10.2 Å². The summed E-state index contributed by atoms with van der Waals surface area (Å²) in [6.45, 7) is 5.64. The normalized spacial score (nSPS) is 11.4. The SMILES string of the molecule is CCc1c(C(=O)Nc2cnn(C(C)(C)C(=O)O)c2)cnn1Cc1ccccc1. The highest BCUT2D eigenvalue weighted by atomic mass is 16.4. The summed E-state index contributed by atoms with van der Waals surface area (Å²) < 4.78 is 3.13. The van der Waals surface area contributed by atoms with Crippen LogP contribution in [0.4, 0.5) is 5.69 Å². The molecule has 0 saturated carbocycles. The Kier molecular flexibility index (Phi) is 5.30. The van der Waals surface area contributed by atoms with Crippen LogP contribution in [0.5, 0.6) is 0 Å². The Morgan fingerprint density at radius 3 is 2.50 bits per heavy atom. The largest absolute Gasteiger partial charge is 0.479 e. The molecule has 8 nitrogen and oxygen atoms in total. The van der Waals surface area contributed by atoms with Crippen LogP contribution in [0, 0.1) is 0 Å². The first-order chi connectivity index (χ1) is 13.3. The van der Waals surface area contributed by atoms with Crippen LogP contribution in [0.1, 0.15) is 42.4 Å². The minimum absolute atomic E-state index is 0.302. The molecule has 0 atom stereocenters. The van der Waals surface area contributed by atoms with E-state index in [4.69, 9.17) is 0 Å². The van der Waals surface area contributed by atoms with Gasteiger partial charge in [-0.05, 0) is 25.8 Å². The Labute approximate surface area is 162 Å². The van der Waals surface area contributed by atoms with E-state index in [0.29, 0.717) is 24.2 Å². The summed E-state index contributed by atoms with van der Waals surface area (Å²) in [5, 5.41) is 20.5. The van der Waals surface area contributed by atoms with E-state index in [1.807, 2.05) is 41.9 Å². The molecular weight excluding hydrogens is 358 g/mol. The Balaban J connectivity index is 1.78. The van der Waals surface area contributed by atoms with Gasteiger partial charge in [0, 0.05) is 6.20 Å². The van der Waals surface area contributed by atoms with E-state index in [-0.39, 0.29) is 5.91 Å². The Morgan fingerprint density at radius 2 is 1.86 bits per heavy atom. The van der Waals surface area contributed by atoms with Crippen molar-refractivity contribution in [2.24, 2.45) is 0 Å². The fourth-order valence-electron chi connectivity index (χ4n) is 2.86. The van der Waals surface area contributed by atoms with Gasteiger partial charge < -0.3 is 10.4 Å². The van der Waals surface area contributed by atoms with Gasteiger partial charge in [-0.3, -0.25) is 14.2 Å². The zero-order chi connectivity index (χ0) is 20.3. The van der Waals surface area contributed by atoms with Gasteiger partial charge in [0.2, 0.25) is 0 Å². The smallest absolute Gasteiger partial charge is 0.331 e. The van der Waals surface area contributed by atoms with Crippen molar-refractivity contribution in [2.75, 3.05) is 5.32 Å². The predicted molar refractivity (Wildman–Crippen MR) is 104 cm³/mol. The molecule has 2 heterocycles. The van der Waals surface area contributed by atoms with Crippen LogP contribution in [0.3, 0.4) is 0 Å². The summed E-state index contributed by atoms with van der Waals surface area (Å²) in [6.07, 6.45) is 5.15. The molecule has 8 heteroatoms. The Bertz CT molecular complexity index is 988. The van der Waals surface area contributed by atoms with E-state index in [9.17, 15) is 14.7 Å². The minimum atomic E-state index is -1.21. The van der Waals surface area contributed by atoms with E-state index in [2.05, 4.69) is 15.5 Å². The second kappa shape index (κ2) is 7.67. The first-order valence-corrected chi connectivity index (χ1v) is 9.01. The van der Waals surface area contributed by atoms with Gasteiger partial charge in [0.1, 0.15) is 0 Å². The maximum absolute atomic E-state index is 12.7. The van der Waals surface area contributed by atoms with E-state index in [0.717, 1.165) is 11.3 Å². The molecule has 3 aromatic rings. The molecule has 0 aliphatic carbocycles. The van der Waals surface area contributed by atoms with E-state index in [1.165, 1.54) is 30.9 Å². The average Bonchev–Trinajstić information content (AvgIpc) is 3.29. The topological polar surface area (TPSA) is 102 Å². The second-order valence-corrected chi connectivity index (χ2v) is 6.99. The van der Waals surface area contributed by atoms with Crippen LogP contribution in [0.2, 0.25) is 0 Å². The first-order valence-electron chi connectivity index (χ1n) is 9.01. The molecule has 0 aliphatic rings. The van der Waals surface area contributed by atoms with Crippen molar-refractivity contribution >= 4 is 17.6 Å². The molecule has 28 heavy (non-hydrogen) atoms. The maximum Gasteiger partial charge on any atom is 0.331 e. The molecule has 0 bridgehead atoms. The van der Waals surface area contributed by atoms with Crippen molar-refractivity contribution in [3.63, 3.8) is 0 Å². The van der Waals surface area contributed by atoms with E-state index in [1.54, 1.807) is 6.20 Å². The number of carbonyl (C=O) groups is 2. The van der Waals surface area contributed by atoms with Crippen molar-refractivity contribution in [1.82, 2.24) is 19.6 Å². The van der Waals surface area contributed by atoms with Crippen LogP contribution in [0.15, 0.2) is 48.9 Å². The number of nitrogens with one attached hydrogen (secondary N) is 1. The first kappa shape index (κ1) is 19.3. The van der Waals surface area contributed by atoms with Crippen LogP contribution in [-0.4, -0.2) is 36.5 Å². The third-order valence-electron chi connectivity index (χ3n) is 4.64. The fourth-order valence-corrected chi connectivity index (χ4v) is 2.86. The standard InChI is InChI=1S/C20H23N5O3/c1-4-17-16(11-21-24(17)12-14-8-6-5-7-9-14)18(26)23-15-10-22-25(13-15)20(2,3)19(27)28/h5-11,13H,4,12H2,1-3H3,(H,23,26)(H,27,28). The van der Waals surface area contributed by atoms with Gasteiger partial charge in [0.15, 0.2) is 5.54 Å². The number of aliphatic carboxylic acids is 1. The number of amides is 1. The lowest BCUT2D eigenvalue weighted by molar-refractivity contribution is -0.146.